The van der Waals surface area contributed by atoms with Crippen LogP contribution in [0.15, 0.2) is 0 Å². The van der Waals surface area contributed by atoms with Crippen molar-refractivity contribution in [3.8, 4) is 0 Å². The maximum absolute atomic E-state index is 12.6. The minimum Gasteiger partial charge on any atom is -0.354 e. The molecule has 0 aromatic rings. The van der Waals surface area contributed by atoms with Crippen molar-refractivity contribution >= 4 is 11.8 Å². The molecule has 1 N–H and O–H groups in total. The second-order valence-electron chi connectivity index (χ2n) is 8.01. The lowest BCUT2D eigenvalue weighted by Gasteiger charge is -2.23. The molecule has 3 aliphatic rings. The van der Waals surface area contributed by atoms with E-state index in [1.165, 1.54) is 12.8 Å². The molecule has 0 saturated heterocycles. The van der Waals surface area contributed by atoms with E-state index in [4.69, 9.17) is 0 Å². The molecule has 6 atom stereocenters. The van der Waals surface area contributed by atoms with E-state index in [-0.39, 0.29) is 17.7 Å². The van der Waals surface area contributed by atoms with Crippen molar-refractivity contribution in [1.29, 1.82) is 0 Å². The van der Waals surface area contributed by atoms with Gasteiger partial charge in [-0.05, 0) is 42.4 Å². The van der Waals surface area contributed by atoms with Gasteiger partial charge in [0.15, 0.2) is 0 Å². The van der Waals surface area contributed by atoms with E-state index >= 15 is 0 Å². The SMILES string of the molecule is C[C@@H]1C(C(=O)NCCN(CC2CC2)C(=O)C2[C@@H](C)[C@H]2C)[C@@H]1C. The summed E-state index contributed by atoms with van der Waals surface area (Å²) >= 11 is 0. The van der Waals surface area contributed by atoms with Crippen molar-refractivity contribution in [2.24, 2.45) is 41.4 Å². The molecule has 22 heavy (non-hydrogen) atoms. The summed E-state index contributed by atoms with van der Waals surface area (Å²) < 4.78 is 0. The predicted molar refractivity (Wildman–Crippen MR) is 85.9 cm³/mol. The molecule has 4 nitrogen and oxygen atoms in total. The molecular weight excluding hydrogens is 276 g/mol. The summed E-state index contributed by atoms with van der Waals surface area (Å²) in [7, 11) is 0. The van der Waals surface area contributed by atoms with Crippen LogP contribution in [0.5, 0.6) is 0 Å². The smallest absolute Gasteiger partial charge is 0.226 e. The van der Waals surface area contributed by atoms with Crippen LogP contribution in [0.3, 0.4) is 0 Å². The summed E-state index contributed by atoms with van der Waals surface area (Å²) in [6.45, 7) is 10.8. The third-order valence-electron chi connectivity index (χ3n) is 6.40. The van der Waals surface area contributed by atoms with Crippen LogP contribution in [0.25, 0.3) is 0 Å². The normalized spacial score (nSPS) is 39.3. The first-order chi connectivity index (χ1) is 10.4. The molecule has 0 aromatic carbocycles. The molecule has 124 valence electrons. The largest absolute Gasteiger partial charge is 0.354 e. The fourth-order valence-corrected chi connectivity index (χ4v) is 3.80. The maximum atomic E-state index is 12.6. The summed E-state index contributed by atoms with van der Waals surface area (Å²) in [6, 6.07) is 0. The van der Waals surface area contributed by atoms with Gasteiger partial charge in [0.05, 0.1) is 0 Å². The zero-order valence-corrected chi connectivity index (χ0v) is 14.3. The Hall–Kier alpha value is -1.06. The third kappa shape index (κ3) is 3.16. The molecule has 0 spiro atoms. The Morgan fingerprint density at radius 2 is 1.50 bits per heavy atom. The topological polar surface area (TPSA) is 49.4 Å². The summed E-state index contributed by atoms with van der Waals surface area (Å²) in [5.74, 6) is 3.67. The molecule has 3 fully saturated rings. The number of amides is 2. The predicted octanol–water partition coefficient (Wildman–Crippen LogP) is 2.15. The Bertz CT molecular complexity index is 444. The first-order valence-corrected chi connectivity index (χ1v) is 8.98. The summed E-state index contributed by atoms with van der Waals surface area (Å²) in [5, 5.41) is 3.03. The second-order valence-corrected chi connectivity index (χ2v) is 8.01. The molecule has 2 unspecified atom stereocenters. The van der Waals surface area contributed by atoms with Crippen molar-refractivity contribution in [2.75, 3.05) is 19.6 Å². The Labute approximate surface area is 134 Å². The van der Waals surface area contributed by atoms with E-state index in [9.17, 15) is 9.59 Å². The third-order valence-corrected chi connectivity index (χ3v) is 6.40. The first kappa shape index (κ1) is 15.8. The van der Waals surface area contributed by atoms with E-state index < -0.39 is 0 Å². The van der Waals surface area contributed by atoms with Crippen LogP contribution in [-0.4, -0.2) is 36.3 Å². The lowest BCUT2D eigenvalue weighted by atomic mass is 10.2. The van der Waals surface area contributed by atoms with E-state index in [0.29, 0.717) is 48.6 Å². The molecule has 2 amide bonds. The lowest BCUT2D eigenvalue weighted by Crippen LogP contribution is -2.41. The van der Waals surface area contributed by atoms with Gasteiger partial charge in [0.1, 0.15) is 0 Å². The maximum Gasteiger partial charge on any atom is 0.226 e. The fraction of sp³-hybridized carbons (Fsp3) is 0.889. The summed E-state index contributed by atoms with van der Waals surface area (Å²) in [6.07, 6.45) is 2.51. The summed E-state index contributed by atoms with van der Waals surface area (Å²) in [4.78, 5) is 26.7. The van der Waals surface area contributed by atoms with Gasteiger partial charge < -0.3 is 10.2 Å². The number of rotatable bonds is 7. The molecule has 0 aliphatic heterocycles. The standard InChI is InChI=1S/C18H30N2O2/c1-10-11(2)15(10)17(21)19-7-8-20(9-14-5-6-14)18(22)16-12(3)13(16)4/h10-16H,5-9H2,1-4H3,(H,19,21)/t10-,11+,12-,13+,15?,16?. The van der Waals surface area contributed by atoms with Crippen molar-refractivity contribution in [3.05, 3.63) is 0 Å². The average Bonchev–Trinajstić information content (AvgIpc) is 3.40. The number of hydrogen-bond donors (Lipinski definition) is 1. The number of carbonyl (C=O) groups excluding carboxylic acids is 2. The van der Waals surface area contributed by atoms with Crippen molar-refractivity contribution in [2.45, 2.75) is 40.5 Å². The van der Waals surface area contributed by atoms with Gasteiger partial charge >= 0.3 is 0 Å². The van der Waals surface area contributed by atoms with E-state index in [1.807, 2.05) is 4.90 Å². The lowest BCUT2D eigenvalue weighted by molar-refractivity contribution is -0.134. The van der Waals surface area contributed by atoms with Crippen LogP contribution in [0.4, 0.5) is 0 Å². The molecule has 3 saturated carbocycles. The minimum atomic E-state index is 0.173. The van der Waals surface area contributed by atoms with Gasteiger partial charge in [-0.1, -0.05) is 27.7 Å². The van der Waals surface area contributed by atoms with Crippen LogP contribution < -0.4 is 5.32 Å². The van der Waals surface area contributed by atoms with Gasteiger partial charge in [-0.2, -0.15) is 0 Å². The first-order valence-electron chi connectivity index (χ1n) is 8.98. The van der Waals surface area contributed by atoms with Crippen molar-refractivity contribution in [1.82, 2.24) is 10.2 Å². The number of nitrogens with zero attached hydrogens (tertiary/aromatic N) is 1. The van der Waals surface area contributed by atoms with Gasteiger partial charge in [-0.25, -0.2) is 0 Å². The van der Waals surface area contributed by atoms with Crippen LogP contribution in [0.1, 0.15) is 40.5 Å². The monoisotopic (exact) mass is 306 g/mol. The highest BCUT2D eigenvalue weighted by Crippen LogP contribution is 2.47. The number of nitrogens with one attached hydrogen (secondary N) is 1. The van der Waals surface area contributed by atoms with Crippen LogP contribution in [-0.2, 0) is 9.59 Å². The Kier molecular flexibility index (Phi) is 4.21. The molecule has 0 radical (unpaired) electrons. The Morgan fingerprint density at radius 1 is 0.955 bits per heavy atom. The fourth-order valence-electron chi connectivity index (χ4n) is 3.80. The number of hydrogen-bond acceptors (Lipinski definition) is 2. The van der Waals surface area contributed by atoms with E-state index in [2.05, 4.69) is 33.0 Å². The van der Waals surface area contributed by atoms with Gasteiger partial charge in [-0.3, -0.25) is 9.59 Å². The van der Waals surface area contributed by atoms with Crippen molar-refractivity contribution < 1.29 is 9.59 Å². The zero-order chi connectivity index (χ0) is 16.0. The van der Waals surface area contributed by atoms with E-state index in [1.54, 1.807) is 0 Å². The highest BCUT2D eigenvalue weighted by atomic mass is 16.2. The average molecular weight is 306 g/mol. The molecule has 0 bridgehead atoms. The summed E-state index contributed by atoms with van der Waals surface area (Å²) in [5.41, 5.74) is 0. The van der Waals surface area contributed by atoms with Gasteiger partial charge in [0.2, 0.25) is 11.8 Å². The van der Waals surface area contributed by atoms with Crippen LogP contribution in [0.2, 0.25) is 0 Å². The van der Waals surface area contributed by atoms with Crippen LogP contribution in [0, 0.1) is 41.4 Å². The Balaban J connectivity index is 1.46. The molecule has 0 aromatic heterocycles. The van der Waals surface area contributed by atoms with Crippen LogP contribution >= 0.6 is 0 Å². The van der Waals surface area contributed by atoms with Gasteiger partial charge in [0, 0.05) is 31.5 Å². The van der Waals surface area contributed by atoms with Gasteiger partial charge in [0.25, 0.3) is 0 Å². The van der Waals surface area contributed by atoms with E-state index in [0.717, 1.165) is 6.54 Å². The number of carbonyl (C=O) groups is 2. The van der Waals surface area contributed by atoms with Gasteiger partial charge in [-0.15, -0.1) is 0 Å². The molecule has 3 aliphatic carbocycles. The highest BCUT2D eigenvalue weighted by Gasteiger charge is 2.50. The molecular formula is C18H30N2O2. The Morgan fingerprint density at radius 3 is 1.95 bits per heavy atom. The molecule has 3 rings (SSSR count). The molecule has 4 heteroatoms. The molecule has 0 heterocycles. The minimum absolute atomic E-state index is 0.173. The van der Waals surface area contributed by atoms with Crippen molar-refractivity contribution in [3.63, 3.8) is 0 Å². The quantitative estimate of drug-likeness (QED) is 0.783. The second kappa shape index (κ2) is 5.86. The highest BCUT2D eigenvalue weighted by molar-refractivity contribution is 5.83. The zero-order valence-electron chi connectivity index (χ0n) is 14.3.